The molecule has 17 heavy (non-hydrogen) atoms. The number of rotatable bonds is 2. The standard InChI is InChI=1S/C12H13N3O2/c1-8(16)14-12-4-9-2-3-15(10-6-17-7-10)11(9)5-13-12/h2-5,10H,6-7H2,1H3,(H,13,14,16). The van der Waals surface area contributed by atoms with E-state index in [4.69, 9.17) is 4.74 Å². The lowest BCUT2D eigenvalue weighted by molar-refractivity contribution is -0.114. The van der Waals surface area contributed by atoms with Crippen molar-refractivity contribution in [2.75, 3.05) is 18.5 Å². The Morgan fingerprint density at radius 3 is 3.06 bits per heavy atom. The molecule has 0 aliphatic carbocycles. The van der Waals surface area contributed by atoms with E-state index in [9.17, 15) is 4.79 Å². The summed E-state index contributed by atoms with van der Waals surface area (Å²) in [6.45, 7) is 3.00. The zero-order valence-electron chi connectivity index (χ0n) is 9.51. The first-order chi connectivity index (χ1) is 8.24. The Morgan fingerprint density at radius 1 is 1.59 bits per heavy atom. The molecule has 2 aromatic heterocycles. The smallest absolute Gasteiger partial charge is 0.222 e. The van der Waals surface area contributed by atoms with Crippen LogP contribution in [0, 0.1) is 0 Å². The molecule has 5 heteroatoms. The second-order valence-corrected chi connectivity index (χ2v) is 4.22. The van der Waals surface area contributed by atoms with E-state index >= 15 is 0 Å². The van der Waals surface area contributed by atoms with Crippen molar-refractivity contribution >= 4 is 22.6 Å². The normalized spacial score (nSPS) is 15.8. The summed E-state index contributed by atoms with van der Waals surface area (Å²) in [7, 11) is 0. The summed E-state index contributed by atoms with van der Waals surface area (Å²) in [6.07, 6.45) is 3.83. The van der Waals surface area contributed by atoms with Crippen LogP contribution in [0.5, 0.6) is 0 Å². The minimum Gasteiger partial charge on any atom is -0.377 e. The average molecular weight is 231 g/mol. The fraction of sp³-hybridized carbons (Fsp3) is 0.333. The number of carbonyl (C=O) groups is 1. The third kappa shape index (κ3) is 1.78. The maximum Gasteiger partial charge on any atom is 0.222 e. The molecular weight excluding hydrogens is 218 g/mol. The van der Waals surface area contributed by atoms with Gasteiger partial charge in [-0.1, -0.05) is 0 Å². The van der Waals surface area contributed by atoms with Crippen LogP contribution in [0.15, 0.2) is 24.5 Å². The summed E-state index contributed by atoms with van der Waals surface area (Å²) in [5.41, 5.74) is 1.08. The molecule has 3 rings (SSSR count). The Kier molecular flexibility index (Phi) is 2.33. The van der Waals surface area contributed by atoms with Crippen LogP contribution in [0.25, 0.3) is 10.9 Å². The van der Waals surface area contributed by atoms with E-state index in [0.29, 0.717) is 11.9 Å². The van der Waals surface area contributed by atoms with Crippen molar-refractivity contribution in [3.63, 3.8) is 0 Å². The van der Waals surface area contributed by atoms with Crippen molar-refractivity contribution in [3.8, 4) is 0 Å². The van der Waals surface area contributed by atoms with Gasteiger partial charge in [0, 0.05) is 18.5 Å². The number of carbonyl (C=O) groups excluding carboxylic acids is 1. The highest BCUT2D eigenvalue weighted by molar-refractivity contribution is 5.90. The van der Waals surface area contributed by atoms with Crippen LogP contribution in [-0.2, 0) is 9.53 Å². The quantitative estimate of drug-likeness (QED) is 0.853. The van der Waals surface area contributed by atoms with Gasteiger partial charge in [-0.25, -0.2) is 4.98 Å². The van der Waals surface area contributed by atoms with Crippen molar-refractivity contribution in [2.24, 2.45) is 0 Å². The van der Waals surface area contributed by atoms with Gasteiger partial charge in [0.1, 0.15) is 5.82 Å². The van der Waals surface area contributed by atoms with Crippen LogP contribution >= 0.6 is 0 Å². The van der Waals surface area contributed by atoms with Crippen LogP contribution < -0.4 is 5.32 Å². The maximum absolute atomic E-state index is 10.9. The SMILES string of the molecule is CC(=O)Nc1cc2ccn(C3COC3)c2cn1. The van der Waals surface area contributed by atoms with Crippen LogP contribution in [0.3, 0.4) is 0 Å². The molecule has 0 aromatic carbocycles. The number of fused-ring (bicyclic) bond motifs is 1. The molecule has 1 N–H and O–H groups in total. The summed E-state index contributed by atoms with van der Waals surface area (Å²) < 4.78 is 7.36. The highest BCUT2D eigenvalue weighted by Gasteiger charge is 2.21. The van der Waals surface area contributed by atoms with E-state index in [1.165, 1.54) is 6.92 Å². The van der Waals surface area contributed by atoms with Gasteiger partial charge in [-0.2, -0.15) is 0 Å². The molecule has 0 atom stereocenters. The molecule has 0 radical (unpaired) electrons. The lowest BCUT2D eigenvalue weighted by Gasteiger charge is -2.28. The first-order valence-corrected chi connectivity index (χ1v) is 5.56. The number of hydrogen-bond donors (Lipinski definition) is 1. The zero-order valence-corrected chi connectivity index (χ0v) is 9.51. The van der Waals surface area contributed by atoms with Crippen LogP contribution in [0.2, 0.25) is 0 Å². The number of amides is 1. The van der Waals surface area contributed by atoms with Gasteiger partial charge in [0.15, 0.2) is 0 Å². The Morgan fingerprint density at radius 2 is 2.41 bits per heavy atom. The number of pyridine rings is 1. The highest BCUT2D eigenvalue weighted by atomic mass is 16.5. The topological polar surface area (TPSA) is 56.2 Å². The van der Waals surface area contributed by atoms with Gasteiger partial charge in [-0.15, -0.1) is 0 Å². The third-order valence-corrected chi connectivity index (χ3v) is 2.92. The van der Waals surface area contributed by atoms with Gasteiger partial charge in [-0.05, 0) is 12.1 Å². The predicted octanol–water partition coefficient (Wildman–Crippen LogP) is 1.57. The van der Waals surface area contributed by atoms with Crippen molar-refractivity contribution in [1.29, 1.82) is 0 Å². The Labute approximate surface area is 98.4 Å². The second kappa shape index (κ2) is 3.85. The van der Waals surface area contributed by atoms with Gasteiger partial charge in [-0.3, -0.25) is 4.79 Å². The van der Waals surface area contributed by atoms with Crippen molar-refractivity contribution in [2.45, 2.75) is 13.0 Å². The van der Waals surface area contributed by atoms with E-state index in [1.807, 2.05) is 18.3 Å². The Bertz CT molecular complexity index is 572. The number of hydrogen-bond acceptors (Lipinski definition) is 3. The molecule has 5 nitrogen and oxygen atoms in total. The first kappa shape index (κ1) is 10.3. The Hall–Kier alpha value is -1.88. The first-order valence-electron chi connectivity index (χ1n) is 5.56. The summed E-state index contributed by atoms with van der Waals surface area (Å²) in [6, 6.07) is 4.33. The maximum atomic E-state index is 10.9. The molecule has 0 spiro atoms. The summed E-state index contributed by atoms with van der Waals surface area (Å²) in [5.74, 6) is 0.483. The number of nitrogens with one attached hydrogen (secondary N) is 1. The molecule has 2 aromatic rings. The third-order valence-electron chi connectivity index (χ3n) is 2.92. The number of ether oxygens (including phenoxy) is 1. The van der Waals surface area contributed by atoms with E-state index in [-0.39, 0.29) is 5.91 Å². The number of aromatic nitrogens is 2. The van der Waals surface area contributed by atoms with Crippen LogP contribution in [0.4, 0.5) is 5.82 Å². The predicted molar refractivity (Wildman–Crippen MR) is 63.9 cm³/mol. The van der Waals surface area contributed by atoms with Crippen molar-refractivity contribution in [1.82, 2.24) is 9.55 Å². The van der Waals surface area contributed by atoms with Crippen LogP contribution in [0.1, 0.15) is 13.0 Å². The molecule has 1 aliphatic heterocycles. The monoisotopic (exact) mass is 231 g/mol. The van der Waals surface area contributed by atoms with Gasteiger partial charge in [0.2, 0.25) is 5.91 Å². The molecule has 1 aliphatic rings. The van der Waals surface area contributed by atoms with Gasteiger partial charge < -0.3 is 14.6 Å². The van der Waals surface area contributed by atoms with E-state index in [0.717, 1.165) is 24.1 Å². The van der Waals surface area contributed by atoms with Crippen LogP contribution in [-0.4, -0.2) is 28.7 Å². The fourth-order valence-electron chi connectivity index (χ4n) is 2.00. The fourth-order valence-corrected chi connectivity index (χ4v) is 2.00. The molecule has 1 saturated heterocycles. The van der Waals surface area contributed by atoms with E-state index in [2.05, 4.69) is 14.9 Å². The van der Waals surface area contributed by atoms with Crippen molar-refractivity contribution in [3.05, 3.63) is 24.5 Å². The summed E-state index contributed by atoms with van der Waals surface area (Å²) in [4.78, 5) is 15.2. The molecule has 88 valence electrons. The van der Waals surface area contributed by atoms with Gasteiger partial charge >= 0.3 is 0 Å². The summed E-state index contributed by atoms with van der Waals surface area (Å²) >= 11 is 0. The lowest BCUT2D eigenvalue weighted by atomic mass is 10.2. The molecule has 0 unspecified atom stereocenters. The lowest BCUT2D eigenvalue weighted by Crippen LogP contribution is -2.30. The molecular formula is C12H13N3O2. The zero-order chi connectivity index (χ0) is 11.8. The second-order valence-electron chi connectivity index (χ2n) is 4.22. The largest absolute Gasteiger partial charge is 0.377 e. The highest BCUT2D eigenvalue weighted by Crippen LogP contribution is 2.25. The Balaban J connectivity index is 1.98. The van der Waals surface area contributed by atoms with E-state index in [1.54, 1.807) is 6.20 Å². The molecule has 0 bridgehead atoms. The number of anilines is 1. The van der Waals surface area contributed by atoms with Crippen molar-refractivity contribution < 1.29 is 9.53 Å². The minimum absolute atomic E-state index is 0.108. The minimum atomic E-state index is -0.108. The summed E-state index contributed by atoms with van der Waals surface area (Å²) in [5, 5.41) is 3.76. The molecule has 1 amide bonds. The number of nitrogens with zero attached hydrogens (tertiary/aromatic N) is 2. The van der Waals surface area contributed by atoms with Gasteiger partial charge in [0.25, 0.3) is 0 Å². The molecule has 1 fully saturated rings. The van der Waals surface area contributed by atoms with Gasteiger partial charge in [0.05, 0.1) is 31.0 Å². The molecule has 3 heterocycles. The van der Waals surface area contributed by atoms with E-state index < -0.39 is 0 Å². The molecule has 0 saturated carbocycles. The average Bonchev–Trinajstić information content (AvgIpc) is 2.58.